The van der Waals surface area contributed by atoms with Gasteiger partial charge < -0.3 is 19.5 Å². The van der Waals surface area contributed by atoms with E-state index in [2.05, 4.69) is 4.98 Å². The maximum absolute atomic E-state index is 11.5. The van der Waals surface area contributed by atoms with Crippen LogP contribution in [0.25, 0.3) is 0 Å². The van der Waals surface area contributed by atoms with Crippen molar-refractivity contribution in [2.75, 3.05) is 45.4 Å². The Labute approximate surface area is 119 Å². The smallest absolute Gasteiger partial charge is 0.339 e. The summed E-state index contributed by atoms with van der Waals surface area (Å²) in [5.41, 5.74) is 1.74. The highest BCUT2D eigenvalue weighted by atomic mass is 16.5. The molecule has 1 aromatic rings. The molecule has 0 bridgehead atoms. The van der Waals surface area contributed by atoms with Crippen LogP contribution in [0.2, 0.25) is 0 Å². The fourth-order valence-electron chi connectivity index (χ4n) is 2.04. The van der Waals surface area contributed by atoms with Crippen molar-refractivity contribution in [1.29, 1.82) is 0 Å². The summed E-state index contributed by atoms with van der Waals surface area (Å²) in [4.78, 5) is 17.8. The van der Waals surface area contributed by atoms with E-state index in [1.807, 2.05) is 11.8 Å². The van der Waals surface area contributed by atoms with Crippen molar-refractivity contribution in [1.82, 2.24) is 4.98 Å². The minimum Gasteiger partial charge on any atom is -0.478 e. The lowest BCUT2D eigenvalue weighted by molar-refractivity contribution is 0.0696. The third-order valence-corrected chi connectivity index (χ3v) is 2.97. The van der Waals surface area contributed by atoms with Crippen LogP contribution in [-0.2, 0) is 9.47 Å². The number of hydrogen-bond donors (Lipinski definition) is 1. The van der Waals surface area contributed by atoms with E-state index in [1.54, 1.807) is 27.2 Å². The number of carboxylic acid groups (broad SMARTS) is 1. The number of anilines is 1. The Bertz CT molecular complexity index is 455. The van der Waals surface area contributed by atoms with E-state index in [0.717, 1.165) is 5.69 Å². The summed E-state index contributed by atoms with van der Waals surface area (Å²) < 4.78 is 10.2. The second-order valence-electron chi connectivity index (χ2n) is 4.56. The standard InChI is InChI=1S/C14H22N2O4/c1-10-9-11(2)15-13(12(10)14(17)18)16(5-7-19-3)6-8-20-4/h9H,5-8H2,1-4H3,(H,17,18). The molecule has 1 rings (SSSR count). The number of rotatable bonds is 8. The zero-order valence-electron chi connectivity index (χ0n) is 12.5. The summed E-state index contributed by atoms with van der Waals surface area (Å²) in [7, 11) is 3.23. The lowest BCUT2D eigenvalue weighted by atomic mass is 10.1. The topological polar surface area (TPSA) is 71.9 Å². The van der Waals surface area contributed by atoms with Crippen molar-refractivity contribution in [3.63, 3.8) is 0 Å². The largest absolute Gasteiger partial charge is 0.478 e. The molecule has 0 atom stereocenters. The fourth-order valence-corrected chi connectivity index (χ4v) is 2.04. The zero-order chi connectivity index (χ0) is 15.1. The maximum atomic E-state index is 11.5. The summed E-state index contributed by atoms with van der Waals surface area (Å²) in [6.07, 6.45) is 0. The Morgan fingerprint density at radius 1 is 1.25 bits per heavy atom. The van der Waals surface area contributed by atoms with Crippen molar-refractivity contribution >= 4 is 11.8 Å². The van der Waals surface area contributed by atoms with Gasteiger partial charge in [-0.2, -0.15) is 0 Å². The van der Waals surface area contributed by atoms with Gasteiger partial charge in [0, 0.05) is 33.0 Å². The molecule has 0 saturated carbocycles. The van der Waals surface area contributed by atoms with Crippen molar-refractivity contribution in [2.45, 2.75) is 13.8 Å². The number of ether oxygens (including phenoxy) is 2. The number of carboxylic acids is 1. The summed E-state index contributed by atoms with van der Waals surface area (Å²) in [6, 6.07) is 1.78. The lowest BCUT2D eigenvalue weighted by Crippen LogP contribution is -2.33. The molecule has 0 aliphatic heterocycles. The molecule has 6 heteroatoms. The molecule has 0 amide bonds. The van der Waals surface area contributed by atoms with Gasteiger partial charge in [0.2, 0.25) is 0 Å². The minimum atomic E-state index is -0.968. The van der Waals surface area contributed by atoms with Gasteiger partial charge in [0.15, 0.2) is 0 Å². The van der Waals surface area contributed by atoms with Gasteiger partial charge in [-0.15, -0.1) is 0 Å². The molecule has 0 saturated heterocycles. The number of methoxy groups -OCH3 is 2. The van der Waals surface area contributed by atoms with Crippen LogP contribution >= 0.6 is 0 Å². The summed E-state index contributed by atoms with van der Waals surface area (Å²) in [6.45, 7) is 5.76. The Morgan fingerprint density at radius 3 is 2.25 bits per heavy atom. The van der Waals surface area contributed by atoms with Crippen LogP contribution in [-0.4, -0.2) is 56.6 Å². The number of carbonyl (C=O) groups is 1. The van der Waals surface area contributed by atoms with E-state index in [0.29, 0.717) is 37.7 Å². The Balaban J connectivity index is 3.18. The van der Waals surface area contributed by atoms with E-state index in [1.165, 1.54) is 0 Å². The number of pyridine rings is 1. The third kappa shape index (κ3) is 4.18. The first-order valence-corrected chi connectivity index (χ1v) is 6.45. The van der Waals surface area contributed by atoms with Crippen molar-refractivity contribution in [3.8, 4) is 0 Å². The molecule has 0 spiro atoms. The van der Waals surface area contributed by atoms with Gasteiger partial charge in [0.05, 0.1) is 13.2 Å². The van der Waals surface area contributed by atoms with Gasteiger partial charge >= 0.3 is 5.97 Å². The number of hydrogen-bond acceptors (Lipinski definition) is 5. The van der Waals surface area contributed by atoms with Gasteiger partial charge in [-0.3, -0.25) is 0 Å². The molecule has 1 heterocycles. The zero-order valence-corrected chi connectivity index (χ0v) is 12.5. The average molecular weight is 282 g/mol. The van der Waals surface area contributed by atoms with Gasteiger partial charge in [0.25, 0.3) is 0 Å². The van der Waals surface area contributed by atoms with Gasteiger partial charge in [0.1, 0.15) is 11.4 Å². The molecule has 0 radical (unpaired) electrons. The highest BCUT2D eigenvalue weighted by molar-refractivity contribution is 5.95. The summed E-state index contributed by atoms with van der Waals surface area (Å²) in [5, 5.41) is 9.41. The predicted molar refractivity (Wildman–Crippen MR) is 76.6 cm³/mol. The SMILES string of the molecule is COCCN(CCOC)c1nc(C)cc(C)c1C(=O)O. The van der Waals surface area contributed by atoms with E-state index < -0.39 is 5.97 Å². The van der Waals surface area contributed by atoms with Crippen molar-refractivity contribution in [2.24, 2.45) is 0 Å². The van der Waals surface area contributed by atoms with Gasteiger partial charge in [-0.1, -0.05) is 0 Å². The first-order chi connectivity index (χ1) is 9.51. The quantitative estimate of drug-likeness (QED) is 0.779. The van der Waals surface area contributed by atoms with Crippen molar-refractivity contribution in [3.05, 3.63) is 22.9 Å². The Kier molecular flexibility index (Phi) is 6.41. The van der Waals surface area contributed by atoms with Crippen LogP contribution in [0.3, 0.4) is 0 Å². The van der Waals surface area contributed by atoms with Crippen LogP contribution in [0.5, 0.6) is 0 Å². The first kappa shape index (κ1) is 16.4. The molecule has 1 N–H and O–H groups in total. The Morgan fingerprint density at radius 2 is 1.80 bits per heavy atom. The van der Waals surface area contributed by atoms with E-state index in [-0.39, 0.29) is 5.56 Å². The normalized spacial score (nSPS) is 10.6. The fraction of sp³-hybridized carbons (Fsp3) is 0.571. The highest BCUT2D eigenvalue weighted by Gasteiger charge is 2.20. The van der Waals surface area contributed by atoms with E-state index in [4.69, 9.17) is 9.47 Å². The number of aromatic carboxylic acids is 1. The molecule has 0 aliphatic rings. The molecule has 20 heavy (non-hydrogen) atoms. The second kappa shape index (κ2) is 7.81. The minimum absolute atomic E-state index is 0.239. The van der Waals surface area contributed by atoms with Crippen LogP contribution < -0.4 is 4.90 Å². The highest BCUT2D eigenvalue weighted by Crippen LogP contribution is 2.22. The molecule has 0 fully saturated rings. The van der Waals surface area contributed by atoms with Crippen molar-refractivity contribution < 1.29 is 19.4 Å². The molecule has 112 valence electrons. The number of aromatic nitrogens is 1. The third-order valence-electron chi connectivity index (χ3n) is 2.97. The molecule has 0 unspecified atom stereocenters. The van der Waals surface area contributed by atoms with Gasteiger partial charge in [-0.25, -0.2) is 9.78 Å². The lowest BCUT2D eigenvalue weighted by Gasteiger charge is -2.25. The van der Waals surface area contributed by atoms with E-state index in [9.17, 15) is 9.90 Å². The molecular formula is C14H22N2O4. The van der Waals surface area contributed by atoms with Gasteiger partial charge in [-0.05, 0) is 25.5 Å². The summed E-state index contributed by atoms with van der Waals surface area (Å²) >= 11 is 0. The maximum Gasteiger partial charge on any atom is 0.339 e. The molecule has 0 aromatic carbocycles. The predicted octanol–water partition coefficient (Wildman–Crippen LogP) is 1.50. The summed E-state index contributed by atoms with van der Waals surface area (Å²) in [5.74, 6) is -0.492. The van der Waals surface area contributed by atoms with Crippen LogP contribution in [0.4, 0.5) is 5.82 Å². The molecule has 1 aromatic heterocycles. The monoisotopic (exact) mass is 282 g/mol. The number of nitrogens with zero attached hydrogens (tertiary/aromatic N) is 2. The number of aryl methyl sites for hydroxylation is 2. The van der Waals surface area contributed by atoms with Crippen LogP contribution in [0.15, 0.2) is 6.07 Å². The van der Waals surface area contributed by atoms with E-state index >= 15 is 0 Å². The van der Waals surface area contributed by atoms with Crippen LogP contribution in [0, 0.1) is 13.8 Å². The molecule has 0 aliphatic carbocycles. The van der Waals surface area contributed by atoms with Crippen LogP contribution in [0.1, 0.15) is 21.6 Å². The second-order valence-corrected chi connectivity index (χ2v) is 4.56. The first-order valence-electron chi connectivity index (χ1n) is 6.45. The molecular weight excluding hydrogens is 260 g/mol. The average Bonchev–Trinajstić information content (AvgIpc) is 2.37. The Hall–Kier alpha value is -1.66. The molecule has 6 nitrogen and oxygen atoms in total.